The van der Waals surface area contributed by atoms with Gasteiger partial charge in [0.05, 0.1) is 12.5 Å². The molecule has 0 spiro atoms. The summed E-state index contributed by atoms with van der Waals surface area (Å²) in [6.45, 7) is 5.15. The number of hydrogen-bond donors (Lipinski definition) is 3. The molecule has 34 heavy (non-hydrogen) atoms. The van der Waals surface area contributed by atoms with Gasteiger partial charge in [-0.2, -0.15) is 0 Å². The summed E-state index contributed by atoms with van der Waals surface area (Å²) in [4.78, 5) is 50.2. The normalized spacial score (nSPS) is 16.7. The Kier molecular flexibility index (Phi) is 7.14. The van der Waals surface area contributed by atoms with E-state index in [9.17, 15) is 28.7 Å². The predicted molar refractivity (Wildman–Crippen MR) is 123 cm³/mol. The van der Waals surface area contributed by atoms with Crippen LogP contribution in [0.5, 0.6) is 0 Å². The van der Waals surface area contributed by atoms with Crippen molar-refractivity contribution < 1.29 is 28.7 Å². The average molecular weight is 467 g/mol. The van der Waals surface area contributed by atoms with Gasteiger partial charge >= 0.3 is 12.0 Å². The van der Waals surface area contributed by atoms with Gasteiger partial charge in [-0.25, -0.2) is 9.18 Å². The van der Waals surface area contributed by atoms with Crippen LogP contribution < -0.4 is 10.6 Å². The Bertz CT molecular complexity index is 1210. The first-order valence-corrected chi connectivity index (χ1v) is 10.6. The molecule has 0 bridgehead atoms. The fourth-order valence-electron chi connectivity index (χ4n) is 4.03. The van der Waals surface area contributed by atoms with Crippen molar-refractivity contribution in [2.24, 2.45) is 0 Å². The molecule has 2 unspecified atom stereocenters. The van der Waals surface area contributed by atoms with E-state index < -0.39 is 48.0 Å². The summed E-state index contributed by atoms with van der Waals surface area (Å²) in [5.74, 6) is -3.16. The molecule has 178 valence electrons. The van der Waals surface area contributed by atoms with Crippen molar-refractivity contribution >= 4 is 23.7 Å². The maximum atomic E-state index is 15.0. The number of ketones is 1. The predicted octanol–water partition coefficient (Wildman–Crippen LogP) is 3.24. The van der Waals surface area contributed by atoms with Gasteiger partial charge in [0.2, 0.25) is 0 Å². The Morgan fingerprint density at radius 3 is 2.41 bits per heavy atom. The van der Waals surface area contributed by atoms with E-state index in [1.807, 2.05) is 31.2 Å². The van der Waals surface area contributed by atoms with Crippen LogP contribution in [0.2, 0.25) is 0 Å². The Hall–Kier alpha value is -4.01. The second kappa shape index (κ2) is 9.86. The van der Waals surface area contributed by atoms with Gasteiger partial charge in [0.15, 0.2) is 11.8 Å². The number of carbonyl (C=O) groups is 4. The van der Waals surface area contributed by atoms with Crippen molar-refractivity contribution in [3.8, 4) is 11.1 Å². The Balaban J connectivity index is 1.94. The summed E-state index contributed by atoms with van der Waals surface area (Å²) in [6.07, 6.45) is 0.629. The van der Waals surface area contributed by atoms with Crippen LogP contribution >= 0.6 is 0 Å². The number of rotatable bonds is 6. The van der Waals surface area contributed by atoms with Crippen LogP contribution in [-0.4, -0.2) is 46.8 Å². The number of halogens is 1. The van der Waals surface area contributed by atoms with Gasteiger partial charge in [0, 0.05) is 24.4 Å². The first kappa shape index (κ1) is 24.6. The number of hydrogen-bond acceptors (Lipinski definition) is 4. The molecular formula is C25H26FN3O5. The van der Waals surface area contributed by atoms with Crippen molar-refractivity contribution in [2.45, 2.75) is 39.3 Å². The second-order valence-electron chi connectivity index (χ2n) is 8.24. The molecule has 0 aromatic heterocycles. The molecule has 0 aliphatic carbocycles. The van der Waals surface area contributed by atoms with Crippen LogP contribution in [0.25, 0.3) is 11.1 Å². The quantitative estimate of drug-likeness (QED) is 0.564. The standard InChI is InChI=1S/C25H26FN3O5/c1-13-7-5-6-8-16(13)17-9-10-18(26)22(15(17)3)19(12-21(31)32)27-25(34)28-23-20(30)11-14(2)29(4)24(23)33/h5-11,19,23H,12H2,1-4H3,(H,31,32)(H2,27,28,34). The molecule has 1 aliphatic rings. The van der Waals surface area contributed by atoms with Crippen LogP contribution in [0.15, 0.2) is 48.2 Å². The smallest absolute Gasteiger partial charge is 0.316 e. The first-order chi connectivity index (χ1) is 16.0. The van der Waals surface area contributed by atoms with Crippen LogP contribution in [-0.2, 0) is 14.4 Å². The SMILES string of the molecule is CC1=CC(=O)C(NC(=O)NC(CC(=O)O)c2c(F)ccc(-c3ccccc3C)c2C)C(=O)N1C. The summed E-state index contributed by atoms with van der Waals surface area (Å²) < 4.78 is 15.0. The lowest BCUT2D eigenvalue weighted by Gasteiger charge is -2.29. The zero-order valence-corrected chi connectivity index (χ0v) is 19.3. The maximum Gasteiger partial charge on any atom is 0.316 e. The molecule has 0 saturated carbocycles. The summed E-state index contributed by atoms with van der Waals surface area (Å²) in [6, 6.07) is 6.68. The fraction of sp³-hybridized carbons (Fsp3) is 0.280. The highest BCUT2D eigenvalue weighted by molar-refractivity contribution is 6.15. The van der Waals surface area contributed by atoms with E-state index >= 15 is 0 Å². The number of carboxylic acid groups (broad SMARTS) is 1. The van der Waals surface area contributed by atoms with E-state index in [0.717, 1.165) is 11.1 Å². The summed E-state index contributed by atoms with van der Waals surface area (Å²) in [5.41, 5.74) is 3.43. The van der Waals surface area contributed by atoms with Crippen molar-refractivity contribution in [3.05, 3.63) is 70.7 Å². The zero-order chi connectivity index (χ0) is 25.2. The Morgan fingerprint density at radius 2 is 1.76 bits per heavy atom. The highest BCUT2D eigenvalue weighted by atomic mass is 19.1. The highest BCUT2D eigenvalue weighted by Crippen LogP contribution is 2.33. The van der Waals surface area contributed by atoms with Gasteiger partial charge in [-0.1, -0.05) is 30.3 Å². The number of nitrogens with zero attached hydrogens (tertiary/aromatic N) is 1. The Morgan fingerprint density at radius 1 is 1.09 bits per heavy atom. The molecule has 9 heteroatoms. The van der Waals surface area contributed by atoms with Crippen molar-refractivity contribution in [3.63, 3.8) is 0 Å². The lowest BCUT2D eigenvalue weighted by Crippen LogP contribution is -2.56. The molecule has 2 aromatic carbocycles. The minimum Gasteiger partial charge on any atom is -0.481 e. The number of nitrogens with one attached hydrogen (secondary N) is 2. The highest BCUT2D eigenvalue weighted by Gasteiger charge is 2.35. The number of allylic oxidation sites excluding steroid dienone is 1. The lowest BCUT2D eigenvalue weighted by atomic mass is 9.89. The molecule has 3 rings (SSSR count). The van der Waals surface area contributed by atoms with E-state index in [2.05, 4.69) is 10.6 Å². The molecule has 1 heterocycles. The number of urea groups is 1. The van der Waals surface area contributed by atoms with E-state index in [1.54, 1.807) is 19.9 Å². The molecule has 1 aliphatic heterocycles. The minimum atomic E-state index is -1.46. The van der Waals surface area contributed by atoms with Crippen molar-refractivity contribution in [1.82, 2.24) is 15.5 Å². The van der Waals surface area contributed by atoms with Gasteiger partial charge in [-0.3, -0.25) is 14.4 Å². The van der Waals surface area contributed by atoms with E-state index in [-0.39, 0.29) is 5.56 Å². The zero-order valence-electron chi connectivity index (χ0n) is 19.3. The van der Waals surface area contributed by atoms with Gasteiger partial charge in [-0.15, -0.1) is 0 Å². The van der Waals surface area contributed by atoms with E-state index in [0.29, 0.717) is 16.8 Å². The van der Waals surface area contributed by atoms with Gasteiger partial charge in [0.1, 0.15) is 5.82 Å². The number of aryl methyl sites for hydroxylation is 1. The lowest BCUT2D eigenvalue weighted by molar-refractivity contribution is -0.138. The van der Waals surface area contributed by atoms with Crippen LogP contribution in [0, 0.1) is 19.7 Å². The minimum absolute atomic E-state index is 0.0208. The number of aliphatic carboxylic acids is 1. The third-order valence-corrected chi connectivity index (χ3v) is 5.95. The molecule has 3 N–H and O–H groups in total. The van der Waals surface area contributed by atoms with Crippen molar-refractivity contribution in [2.75, 3.05) is 7.05 Å². The molecule has 2 atom stereocenters. The Labute approximate surface area is 196 Å². The van der Waals surface area contributed by atoms with Gasteiger partial charge in [0.25, 0.3) is 5.91 Å². The monoisotopic (exact) mass is 467 g/mol. The van der Waals surface area contributed by atoms with Gasteiger partial charge in [-0.05, 0) is 49.1 Å². The molecule has 8 nitrogen and oxygen atoms in total. The number of benzene rings is 2. The van der Waals surface area contributed by atoms with E-state index in [4.69, 9.17) is 0 Å². The third-order valence-electron chi connectivity index (χ3n) is 5.95. The summed E-state index contributed by atoms with van der Waals surface area (Å²) >= 11 is 0. The molecule has 3 amide bonds. The molecule has 0 radical (unpaired) electrons. The van der Waals surface area contributed by atoms with Gasteiger partial charge < -0.3 is 20.6 Å². The average Bonchev–Trinajstić information content (AvgIpc) is 2.75. The maximum absolute atomic E-state index is 15.0. The molecule has 2 aromatic rings. The van der Waals surface area contributed by atoms with E-state index in [1.165, 1.54) is 24.1 Å². The molecular weight excluding hydrogens is 441 g/mol. The topological polar surface area (TPSA) is 116 Å². The number of amides is 3. The van der Waals surface area contributed by atoms with Crippen molar-refractivity contribution in [1.29, 1.82) is 0 Å². The molecule has 0 saturated heterocycles. The number of carboxylic acids is 1. The number of carbonyl (C=O) groups excluding carboxylic acids is 3. The summed E-state index contributed by atoms with van der Waals surface area (Å²) in [7, 11) is 1.47. The summed E-state index contributed by atoms with van der Waals surface area (Å²) in [5, 5.41) is 14.1. The van der Waals surface area contributed by atoms with Crippen LogP contribution in [0.1, 0.15) is 36.1 Å². The van der Waals surface area contributed by atoms with Crippen LogP contribution in [0.4, 0.5) is 9.18 Å². The fourth-order valence-corrected chi connectivity index (χ4v) is 4.03. The first-order valence-electron chi connectivity index (χ1n) is 10.6. The van der Waals surface area contributed by atoms with Crippen LogP contribution in [0.3, 0.4) is 0 Å². The molecule has 0 fully saturated rings. The number of likely N-dealkylation sites (N-methyl/N-ethyl adjacent to an activating group) is 1. The third kappa shape index (κ3) is 4.98. The second-order valence-corrected chi connectivity index (χ2v) is 8.24. The largest absolute Gasteiger partial charge is 0.481 e.